The van der Waals surface area contributed by atoms with E-state index in [9.17, 15) is 18.0 Å². The molecule has 0 unspecified atom stereocenters. The van der Waals surface area contributed by atoms with E-state index >= 15 is 0 Å². The molecule has 168 valence electrons. The molecule has 1 amide bonds. The third-order valence-corrected chi connectivity index (χ3v) is 5.53. The molecule has 1 aromatic heterocycles. The maximum absolute atomic E-state index is 13.2. The topological polar surface area (TPSA) is 67.2 Å². The van der Waals surface area contributed by atoms with Crippen molar-refractivity contribution in [3.8, 4) is 5.69 Å². The minimum absolute atomic E-state index is 0.291. The average Bonchev–Trinajstić information content (AvgIpc) is 3.28. The van der Waals surface area contributed by atoms with Crippen LogP contribution in [-0.4, -0.2) is 68.6 Å². The fourth-order valence-corrected chi connectivity index (χ4v) is 3.85. The molecule has 1 fully saturated rings. The van der Waals surface area contributed by atoms with Crippen LogP contribution in [0.3, 0.4) is 0 Å². The van der Waals surface area contributed by atoms with Gasteiger partial charge in [-0.3, -0.25) is 9.69 Å². The molecule has 2 aromatic carbocycles. The molecule has 0 N–H and O–H groups in total. The average molecular weight is 444 g/mol. The molecule has 0 aliphatic carbocycles. The molecule has 0 radical (unpaired) electrons. The lowest BCUT2D eigenvalue weighted by Gasteiger charge is -2.35. The van der Waals surface area contributed by atoms with E-state index in [2.05, 4.69) is 20.4 Å². The smallest absolute Gasteiger partial charge is 0.336 e. The molecular formula is C22H23F3N6O. The van der Waals surface area contributed by atoms with Crippen LogP contribution < -0.4 is 0 Å². The molecule has 1 saturated heterocycles. The molecule has 7 nitrogen and oxygen atoms in total. The number of alkyl halides is 3. The molecule has 2 heterocycles. The molecule has 0 bridgehead atoms. The Labute approximate surface area is 183 Å². The predicted octanol–water partition coefficient (Wildman–Crippen LogP) is 3.07. The highest BCUT2D eigenvalue weighted by molar-refractivity contribution is 5.96. The van der Waals surface area contributed by atoms with Crippen molar-refractivity contribution in [1.82, 2.24) is 30.0 Å². The van der Waals surface area contributed by atoms with E-state index in [1.165, 1.54) is 23.1 Å². The van der Waals surface area contributed by atoms with E-state index in [1.807, 2.05) is 30.3 Å². The summed E-state index contributed by atoms with van der Waals surface area (Å²) in [5.74, 6) is 0.202. The maximum Gasteiger partial charge on any atom is 0.417 e. The lowest BCUT2D eigenvalue weighted by Crippen LogP contribution is -2.49. The summed E-state index contributed by atoms with van der Waals surface area (Å²) >= 11 is 0. The molecule has 3 aromatic rings. The van der Waals surface area contributed by atoms with Crippen molar-refractivity contribution in [2.45, 2.75) is 19.0 Å². The van der Waals surface area contributed by atoms with Gasteiger partial charge < -0.3 is 4.90 Å². The fraction of sp³-hybridized carbons (Fsp3) is 0.364. The van der Waals surface area contributed by atoms with E-state index < -0.39 is 17.6 Å². The van der Waals surface area contributed by atoms with Crippen LogP contribution in [0.15, 0.2) is 54.6 Å². The van der Waals surface area contributed by atoms with Crippen molar-refractivity contribution in [1.29, 1.82) is 0 Å². The van der Waals surface area contributed by atoms with Gasteiger partial charge in [-0.1, -0.05) is 30.3 Å². The first-order valence-electron chi connectivity index (χ1n) is 10.4. The van der Waals surface area contributed by atoms with Gasteiger partial charge in [-0.25, -0.2) is 0 Å². The Morgan fingerprint density at radius 3 is 2.34 bits per heavy atom. The van der Waals surface area contributed by atoms with Gasteiger partial charge in [0, 0.05) is 32.6 Å². The lowest BCUT2D eigenvalue weighted by atomic mass is 10.1. The van der Waals surface area contributed by atoms with E-state index in [-0.39, 0.29) is 5.56 Å². The number of amides is 1. The molecule has 0 atom stereocenters. The van der Waals surface area contributed by atoms with Crippen molar-refractivity contribution in [2.24, 2.45) is 0 Å². The van der Waals surface area contributed by atoms with Crippen molar-refractivity contribution >= 4 is 5.91 Å². The van der Waals surface area contributed by atoms with Crippen molar-refractivity contribution in [3.63, 3.8) is 0 Å². The number of hydrogen-bond donors (Lipinski definition) is 0. The van der Waals surface area contributed by atoms with E-state index in [4.69, 9.17) is 0 Å². The van der Waals surface area contributed by atoms with Crippen LogP contribution in [-0.2, 0) is 12.6 Å². The van der Waals surface area contributed by atoms with Gasteiger partial charge in [0.25, 0.3) is 5.91 Å². The summed E-state index contributed by atoms with van der Waals surface area (Å²) in [5, 5.41) is 11.9. The van der Waals surface area contributed by atoms with Gasteiger partial charge in [-0.15, -0.1) is 5.10 Å². The number of tetrazole rings is 1. The third-order valence-electron chi connectivity index (χ3n) is 5.53. The highest BCUT2D eigenvalue weighted by Crippen LogP contribution is 2.32. The van der Waals surface area contributed by atoms with Crippen molar-refractivity contribution in [3.05, 3.63) is 71.5 Å². The van der Waals surface area contributed by atoms with Crippen LogP contribution in [0.2, 0.25) is 0 Å². The van der Waals surface area contributed by atoms with Crippen LogP contribution in [0.5, 0.6) is 0 Å². The lowest BCUT2D eigenvalue weighted by molar-refractivity contribution is -0.138. The van der Waals surface area contributed by atoms with Crippen LogP contribution in [0.1, 0.15) is 28.2 Å². The zero-order valence-corrected chi connectivity index (χ0v) is 17.4. The molecule has 1 aliphatic heterocycles. The highest BCUT2D eigenvalue weighted by atomic mass is 19.4. The first-order valence-corrected chi connectivity index (χ1v) is 10.4. The number of nitrogens with zero attached hydrogens (tertiary/aromatic N) is 6. The van der Waals surface area contributed by atoms with Crippen LogP contribution >= 0.6 is 0 Å². The number of halogens is 3. The van der Waals surface area contributed by atoms with Crippen molar-refractivity contribution in [2.75, 3.05) is 32.7 Å². The largest absolute Gasteiger partial charge is 0.417 e. The maximum atomic E-state index is 13.2. The van der Waals surface area contributed by atoms with E-state index in [0.717, 1.165) is 30.5 Å². The van der Waals surface area contributed by atoms with Gasteiger partial charge in [0.2, 0.25) is 0 Å². The summed E-state index contributed by atoms with van der Waals surface area (Å²) in [7, 11) is 0. The highest BCUT2D eigenvalue weighted by Gasteiger charge is 2.36. The summed E-state index contributed by atoms with van der Waals surface area (Å²) < 4.78 is 41.4. The zero-order chi connectivity index (χ0) is 22.6. The predicted molar refractivity (Wildman–Crippen MR) is 111 cm³/mol. The van der Waals surface area contributed by atoms with Crippen LogP contribution in [0.4, 0.5) is 13.2 Å². The monoisotopic (exact) mass is 444 g/mol. The van der Waals surface area contributed by atoms with Gasteiger partial charge >= 0.3 is 6.18 Å². The number of carbonyl (C=O) groups excluding carboxylic acids is 1. The summed E-state index contributed by atoms with van der Waals surface area (Å²) in [6.07, 6.45) is -3.03. The number of rotatable bonds is 6. The standard InChI is InChI=1S/C22H23F3N6O/c23-22(24,25)19-10-5-4-9-18(19)21(32)30-15-13-29(14-16-30)12-6-11-20-26-27-28-31(20)17-7-2-1-3-8-17/h1-5,7-10H,6,11-16H2. The quantitative estimate of drug-likeness (QED) is 0.585. The Kier molecular flexibility index (Phi) is 6.50. The second-order valence-electron chi connectivity index (χ2n) is 7.62. The normalized spacial score (nSPS) is 15.2. The molecule has 32 heavy (non-hydrogen) atoms. The Morgan fingerprint density at radius 2 is 1.62 bits per heavy atom. The van der Waals surface area contributed by atoms with Crippen LogP contribution in [0, 0.1) is 0 Å². The molecule has 1 aliphatic rings. The van der Waals surface area contributed by atoms with Gasteiger partial charge in [0.05, 0.1) is 16.8 Å². The fourth-order valence-electron chi connectivity index (χ4n) is 3.85. The second kappa shape index (κ2) is 9.47. The van der Waals surface area contributed by atoms with Gasteiger partial charge in [0.15, 0.2) is 5.82 Å². The molecule has 10 heteroatoms. The number of hydrogen-bond acceptors (Lipinski definition) is 5. The van der Waals surface area contributed by atoms with E-state index in [1.54, 1.807) is 4.68 Å². The minimum atomic E-state index is -4.55. The second-order valence-corrected chi connectivity index (χ2v) is 7.62. The molecular weight excluding hydrogens is 421 g/mol. The number of para-hydroxylation sites is 1. The molecule has 0 saturated carbocycles. The van der Waals surface area contributed by atoms with Crippen molar-refractivity contribution < 1.29 is 18.0 Å². The Morgan fingerprint density at radius 1 is 0.938 bits per heavy atom. The minimum Gasteiger partial charge on any atom is -0.336 e. The first-order chi connectivity index (χ1) is 15.4. The summed E-state index contributed by atoms with van der Waals surface area (Å²) in [6, 6.07) is 14.6. The number of carbonyl (C=O) groups is 1. The zero-order valence-electron chi connectivity index (χ0n) is 17.4. The number of piperazine rings is 1. The Hall–Kier alpha value is -3.27. The van der Waals surface area contributed by atoms with Gasteiger partial charge in [0.1, 0.15) is 0 Å². The number of aryl methyl sites for hydroxylation is 1. The number of benzene rings is 2. The molecule has 0 spiro atoms. The summed E-state index contributed by atoms with van der Waals surface area (Å²) in [4.78, 5) is 16.4. The number of aromatic nitrogens is 4. The molecule has 4 rings (SSSR count). The van der Waals surface area contributed by atoms with Gasteiger partial charge in [-0.2, -0.15) is 17.9 Å². The Balaban J connectivity index is 1.29. The van der Waals surface area contributed by atoms with Gasteiger partial charge in [-0.05, 0) is 47.7 Å². The Bertz CT molecular complexity index is 1050. The third kappa shape index (κ3) is 4.96. The summed E-state index contributed by atoms with van der Waals surface area (Å²) in [5.41, 5.74) is -0.275. The van der Waals surface area contributed by atoms with E-state index in [0.29, 0.717) is 32.6 Å². The summed E-state index contributed by atoms with van der Waals surface area (Å²) in [6.45, 7) is 2.81. The van der Waals surface area contributed by atoms with Crippen LogP contribution in [0.25, 0.3) is 5.69 Å². The SMILES string of the molecule is O=C(c1ccccc1C(F)(F)F)N1CCN(CCCc2nnnn2-c2ccccc2)CC1. The first kappa shape index (κ1) is 21.9.